The lowest BCUT2D eigenvalue weighted by Gasteiger charge is -2.13. The Balaban J connectivity index is 1.93. The lowest BCUT2D eigenvalue weighted by molar-refractivity contribution is -0.118. The van der Waals surface area contributed by atoms with E-state index < -0.39 is 12.1 Å². The average Bonchev–Trinajstić information content (AvgIpc) is 2.76. The van der Waals surface area contributed by atoms with Crippen molar-refractivity contribution >= 4 is 23.3 Å². The molecule has 1 aliphatic heterocycles. The lowest BCUT2D eigenvalue weighted by Crippen LogP contribution is -2.30. The van der Waals surface area contributed by atoms with E-state index in [0.717, 1.165) is 10.5 Å². The molecule has 0 bridgehead atoms. The highest BCUT2D eigenvalue weighted by molar-refractivity contribution is 6.21. The first-order chi connectivity index (χ1) is 9.66. The van der Waals surface area contributed by atoms with Crippen LogP contribution in [0.2, 0.25) is 0 Å². The number of urea groups is 1. The molecule has 0 radical (unpaired) electrons. The van der Waals surface area contributed by atoms with Crippen LogP contribution in [0.15, 0.2) is 54.6 Å². The van der Waals surface area contributed by atoms with E-state index in [2.05, 4.69) is 5.32 Å². The maximum atomic E-state index is 12.4. The summed E-state index contributed by atoms with van der Waals surface area (Å²) in [6, 6.07) is 14.7. The Bertz CT molecular complexity index is 653. The van der Waals surface area contributed by atoms with E-state index in [-0.39, 0.29) is 5.91 Å². The van der Waals surface area contributed by atoms with Gasteiger partial charge in [0.2, 0.25) is 0 Å². The summed E-state index contributed by atoms with van der Waals surface area (Å²) in [7, 11) is 0. The fourth-order valence-corrected chi connectivity index (χ4v) is 2.22. The topological polar surface area (TPSA) is 75.4 Å². The summed E-state index contributed by atoms with van der Waals surface area (Å²) >= 11 is 0. The number of nitrogen functional groups attached to an aromatic ring is 1. The van der Waals surface area contributed by atoms with Gasteiger partial charge in [-0.05, 0) is 29.8 Å². The molecule has 0 saturated carbocycles. The molecule has 1 unspecified atom stereocenters. The van der Waals surface area contributed by atoms with Crippen LogP contribution in [0.4, 0.5) is 16.2 Å². The van der Waals surface area contributed by atoms with E-state index >= 15 is 0 Å². The second kappa shape index (κ2) is 4.70. The summed E-state index contributed by atoms with van der Waals surface area (Å²) in [4.78, 5) is 25.6. The molecule has 2 aromatic rings. The van der Waals surface area contributed by atoms with E-state index in [9.17, 15) is 9.59 Å². The SMILES string of the molecule is Nc1ccc(N2C(=O)NC(c3ccccc3)C2=O)cc1. The summed E-state index contributed by atoms with van der Waals surface area (Å²) in [5, 5.41) is 2.69. The Labute approximate surface area is 116 Å². The molecule has 3 amide bonds. The number of rotatable bonds is 2. The number of carbonyl (C=O) groups excluding carboxylic acids is 2. The minimum Gasteiger partial charge on any atom is -0.399 e. The molecule has 1 saturated heterocycles. The zero-order valence-corrected chi connectivity index (χ0v) is 10.6. The smallest absolute Gasteiger partial charge is 0.329 e. The minimum atomic E-state index is -0.638. The van der Waals surface area contributed by atoms with E-state index in [1.165, 1.54) is 0 Å². The monoisotopic (exact) mass is 267 g/mol. The van der Waals surface area contributed by atoms with Gasteiger partial charge in [0.25, 0.3) is 5.91 Å². The number of hydrogen-bond donors (Lipinski definition) is 2. The third-order valence-corrected chi connectivity index (χ3v) is 3.22. The molecule has 1 fully saturated rings. The molecule has 1 aliphatic rings. The van der Waals surface area contributed by atoms with Crippen molar-refractivity contribution in [2.45, 2.75) is 6.04 Å². The van der Waals surface area contributed by atoms with Crippen molar-refractivity contribution in [1.82, 2.24) is 5.32 Å². The number of carbonyl (C=O) groups is 2. The molecule has 5 heteroatoms. The Kier molecular flexibility index (Phi) is 2.87. The Hall–Kier alpha value is -2.82. The summed E-state index contributed by atoms with van der Waals surface area (Å²) in [5.41, 5.74) is 7.47. The molecule has 2 aromatic carbocycles. The third kappa shape index (κ3) is 1.99. The van der Waals surface area contributed by atoms with Gasteiger partial charge in [0.05, 0.1) is 5.69 Å². The number of nitrogens with one attached hydrogen (secondary N) is 1. The molecule has 1 atom stereocenters. The highest BCUT2D eigenvalue weighted by atomic mass is 16.2. The number of imide groups is 1. The van der Waals surface area contributed by atoms with E-state index in [4.69, 9.17) is 5.73 Å². The second-order valence-corrected chi connectivity index (χ2v) is 4.56. The molecule has 5 nitrogen and oxygen atoms in total. The van der Waals surface area contributed by atoms with Crippen LogP contribution in [0.25, 0.3) is 0 Å². The predicted octanol–water partition coefficient (Wildman–Crippen LogP) is 2.07. The van der Waals surface area contributed by atoms with Crippen LogP contribution >= 0.6 is 0 Å². The molecule has 20 heavy (non-hydrogen) atoms. The number of nitrogens with two attached hydrogens (primary N) is 1. The highest BCUT2D eigenvalue weighted by Crippen LogP contribution is 2.27. The highest BCUT2D eigenvalue weighted by Gasteiger charge is 2.39. The van der Waals surface area contributed by atoms with Crippen LogP contribution in [0.1, 0.15) is 11.6 Å². The third-order valence-electron chi connectivity index (χ3n) is 3.22. The summed E-state index contributed by atoms with van der Waals surface area (Å²) in [6.07, 6.45) is 0. The van der Waals surface area contributed by atoms with Gasteiger partial charge in [-0.3, -0.25) is 4.79 Å². The maximum Gasteiger partial charge on any atom is 0.329 e. The van der Waals surface area contributed by atoms with Crippen molar-refractivity contribution in [2.75, 3.05) is 10.6 Å². The van der Waals surface area contributed by atoms with Crippen LogP contribution in [-0.2, 0) is 4.79 Å². The van der Waals surface area contributed by atoms with Crippen LogP contribution in [0, 0.1) is 0 Å². The van der Waals surface area contributed by atoms with Gasteiger partial charge < -0.3 is 11.1 Å². The van der Waals surface area contributed by atoms with Crippen molar-refractivity contribution in [3.05, 3.63) is 60.2 Å². The Morgan fingerprint density at radius 3 is 2.25 bits per heavy atom. The molecular formula is C15H13N3O2. The van der Waals surface area contributed by atoms with Crippen molar-refractivity contribution in [2.24, 2.45) is 0 Å². The normalized spacial score (nSPS) is 18.2. The summed E-state index contributed by atoms with van der Waals surface area (Å²) < 4.78 is 0. The van der Waals surface area contributed by atoms with Crippen molar-refractivity contribution in [3.63, 3.8) is 0 Å². The van der Waals surface area contributed by atoms with Crippen molar-refractivity contribution in [3.8, 4) is 0 Å². The number of benzene rings is 2. The first-order valence-electron chi connectivity index (χ1n) is 6.22. The summed E-state index contributed by atoms with van der Waals surface area (Å²) in [5.74, 6) is -0.286. The van der Waals surface area contributed by atoms with Gasteiger partial charge >= 0.3 is 6.03 Å². The largest absolute Gasteiger partial charge is 0.399 e. The van der Waals surface area contributed by atoms with Gasteiger partial charge in [-0.2, -0.15) is 0 Å². The molecule has 0 aliphatic carbocycles. The second-order valence-electron chi connectivity index (χ2n) is 4.56. The Morgan fingerprint density at radius 2 is 1.60 bits per heavy atom. The molecule has 100 valence electrons. The van der Waals surface area contributed by atoms with Gasteiger partial charge in [0.1, 0.15) is 6.04 Å². The fourth-order valence-electron chi connectivity index (χ4n) is 2.22. The van der Waals surface area contributed by atoms with Crippen LogP contribution < -0.4 is 16.0 Å². The summed E-state index contributed by atoms with van der Waals surface area (Å²) in [6.45, 7) is 0. The van der Waals surface area contributed by atoms with Gasteiger partial charge in [-0.15, -0.1) is 0 Å². The molecule has 3 rings (SSSR count). The van der Waals surface area contributed by atoms with Crippen LogP contribution in [0.5, 0.6) is 0 Å². The number of amides is 3. The van der Waals surface area contributed by atoms with Gasteiger partial charge in [0, 0.05) is 5.69 Å². The standard InChI is InChI=1S/C15H13N3O2/c16-11-6-8-12(9-7-11)18-14(19)13(17-15(18)20)10-4-2-1-3-5-10/h1-9,13H,16H2,(H,17,20). The van der Waals surface area contributed by atoms with Crippen molar-refractivity contribution < 1.29 is 9.59 Å². The molecule has 3 N–H and O–H groups in total. The molecule has 0 spiro atoms. The van der Waals surface area contributed by atoms with Crippen LogP contribution in [0.3, 0.4) is 0 Å². The molecule has 1 heterocycles. The Morgan fingerprint density at radius 1 is 0.950 bits per heavy atom. The van der Waals surface area contributed by atoms with Gasteiger partial charge in [-0.1, -0.05) is 30.3 Å². The fraction of sp³-hybridized carbons (Fsp3) is 0.0667. The predicted molar refractivity (Wildman–Crippen MR) is 76.1 cm³/mol. The first kappa shape index (κ1) is 12.2. The average molecular weight is 267 g/mol. The zero-order valence-electron chi connectivity index (χ0n) is 10.6. The van der Waals surface area contributed by atoms with Crippen LogP contribution in [-0.4, -0.2) is 11.9 Å². The zero-order chi connectivity index (χ0) is 14.1. The van der Waals surface area contributed by atoms with Gasteiger partial charge in [0.15, 0.2) is 0 Å². The number of anilines is 2. The lowest BCUT2D eigenvalue weighted by atomic mass is 10.1. The van der Waals surface area contributed by atoms with Crippen molar-refractivity contribution in [1.29, 1.82) is 0 Å². The number of nitrogens with zero attached hydrogens (tertiary/aromatic N) is 1. The quantitative estimate of drug-likeness (QED) is 0.646. The maximum absolute atomic E-state index is 12.4. The van der Waals surface area contributed by atoms with Gasteiger partial charge in [-0.25, -0.2) is 9.69 Å². The first-order valence-corrected chi connectivity index (χ1v) is 6.22. The van der Waals surface area contributed by atoms with E-state index in [1.54, 1.807) is 24.3 Å². The van der Waals surface area contributed by atoms with E-state index in [0.29, 0.717) is 11.4 Å². The molecule has 0 aromatic heterocycles. The van der Waals surface area contributed by atoms with E-state index in [1.807, 2.05) is 30.3 Å². The minimum absolute atomic E-state index is 0.286. The molecular weight excluding hydrogens is 254 g/mol. The number of hydrogen-bond acceptors (Lipinski definition) is 3.